The molecule has 0 bridgehead atoms. The fourth-order valence-corrected chi connectivity index (χ4v) is 5.73. The summed E-state index contributed by atoms with van der Waals surface area (Å²) in [4.78, 5) is 57.5. The first kappa shape index (κ1) is 34.1. The minimum absolute atomic E-state index is 0.149. The molecule has 1 fully saturated rings. The zero-order chi connectivity index (χ0) is 34.3. The van der Waals surface area contributed by atoms with Gasteiger partial charge in [0.25, 0.3) is 5.56 Å². The van der Waals surface area contributed by atoms with Crippen LogP contribution in [-0.2, 0) is 27.2 Å². The van der Waals surface area contributed by atoms with E-state index in [1.165, 1.54) is 6.33 Å². The van der Waals surface area contributed by atoms with Crippen LogP contribution in [0, 0.1) is 0 Å². The lowest BCUT2D eigenvalue weighted by Crippen LogP contribution is -2.48. The van der Waals surface area contributed by atoms with Gasteiger partial charge in [0.15, 0.2) is 0 Å². The first-order valence-corrected chi connectivity index (χ1v) is 15.7. The van der Waals surface area contributed by atoms with Crippen molar-refractivity contribution in [3.05, 3.63) is 85.0 Å². The van der Waals surface area contributed by atoms with Crippen LogP contribution in [0.25, 0.3) is 16.8 Å². The van der Waals surface area contributed by atoms with Crippen molar-refractivity contribution in [1.82, 2.24) is 28.6 Å². The number of rotatable bonds is 5. The van der Waals surface area contributed by atoms with Gasteiger partial charge in [-0.05, 0) is 70.9 Å². The summed E-state index contributed by atoms with van der Waals surface area (Å²) in [6.45, 7) is 11.4. The van der Waals surface area contributed by atoms with Crippen molar-refractivity contribution in [2.24, 2.45) is 0 Å². The Bertz CT molecular complexity index is 1950. The Morgan fingerprint density at radius 2 is 1.72 bits per heavy atom. The van der Waals surface area contributed by atoms with Crippen molar-refractivity contribution in [3.8, 4) is 11.3 Å². The predicted octanol–water partition coefficient (Wildman–Crippen LogP) is 5.04. The monoisotopic (exact) mass is 686 g/mol. The molecule has 5 rings (SSSR count). The Labute approximate surface area is 280 Å². The normalized spacial score (nSPS) is 15.6. The van der Waals surface area contributed by atoms with Gasteiger partial charge in [-0.25, -0.2) is 28.5 Å². The van der Waals surface area contributed by atoms with E-state index in [0.29, 0.717) is 64.1 Å². The third-order valence-electron chi connectivity index (χ3n) is 7.10. The van der Waals surface area contributed by atoms with E-state index in [4.69, 9.17) is 37.4 Å². The molecule has 4 heterocycles. The molecule has 0 aliphatic carbocycles. The molecule has 1 atom stereocenters. The highest BCUT2D eigenvalue weighted by Gasteiger charge is 2.30. The van der Waals surface area contributed by atoms with Crippen LogP contribution in [0.4, 0.5) is 9.59 Å². The summed E-state index contributed by atoms with van der Waals surface area (Å²) >= 11 is 13.2. The van der Waals surface area contributed by atoms with E-state index in [2.05, 4.69) is 10.1 Å². The number of hydrogen-bond donors (Lipinski definition) is 0. The lowest BCUT2D eigenvalue weighted by molar-refractivity contribution is -0.0414. The summed E-state index contributed by atoms with van der Waals surface area (Å²) in [7, 11) is 0. The summed E-state index contributed by atoms with van der Waals surface area (Å²) in [5, 5.41) is 5.10. The highest BCUT2D eigenvalue weighted by atomic mass is 35.5. The number of nitrogens with zero attached hydrogens (tertiary/aromatic N) is 6. The second-order valence-electron chi connectivity index (χ2n) is 13.2. The molecule has 0 radical (unpaired) electrons. The molecule has 1 aliphatic heterocycles. The Kier molecular flexibility index (Phi) is 9.54. The SMILES string of the molecule is CC(C)(C)OC(=O)N1CCOC(Cc2c(Cl)cc(Cl)cc2-c2ncnn3cc(Cn4c(=O)ccn(C(=O)OC(C)(C)C)c4=O)cc23)C1. The molecule has 4 aromatic rings. The topological polar surface area (TPSA) is 139 Å². The first-order chi connectivity index (χ1) is 22.0. The number of benzene rings is 1. The smallest absolute Gasteiger partial charge is 0.422 e. The number of aromatic nitrogens is 5. The predicted molar refractivity (Wildman–Crippen MR) is 175 cm³/mol. The van der Waals surface area contributed by atoms with Gasteiger partial charge < -0.3 is 19.1 Å². The summed E-state index contributed by atoms with van der Waals surface area (Å²) in [5.74, 6) is 0. The standard InChI is InChI=1S/C32H36Cl2N6O7/c1-31(2,3)46-29(43)37-9-10-45-21(17-37)14-22-23(12-20(33)13-24(22)34)27-25-11-19(16-40(25)36-18-35-27)15-39-26(41)7-8-38(28(39)42)30(44)47-32(4,5)6/h7-8,11-13,16,18,21H,9-10,14-15,17H2,1-6H3. The van der Waals surface area contributed by atoms with Gasteiger partial charge in [-0.3, -0.25) is 9.36 Å². The maximum absolute atomic E-state index is 13.2. The molecule has 1 aromatic carbocycles. The zero-order valence-electron chi connectivity index (χ0n) is 27.0. The minimum Gasteiger partial charge on any atom is -0.444 e. The van der Waals surface area contributed by atoms with Gasteiger partial charge in [-0.1, -0.05) is 23.2 Å². The molecule has 3 aromatic heterocycles. The molecule has 0 N–H and O–H groups in total. The average molecular weight is 688 g/mol. The molecule has 47 heavy (non-hydrogen) atoms. The van der Waals surface area contributed by atoms with E-state index in [9.17, 15) is 19.2 Å². The summed E-state index contributed by atoms with van der Waals surface area (Å²) in [6, 6.07) is 6.25. The van der Waals surface area contributed by atoms with Gasteiger partial charge >= 0.3 is 17.9 Å². The maximum Gasteiger partial charge on any atom is 0.422 e. The lowest BCUT2D eigenvalue weighted by Gasteiger charge is -2.34. The van der Waals surface area contributed by atoms with Crippen LogP contribution >= 0.6 is 23.2 Å². The van der Waals surface area contributed by atoms with Crippen LogP contribution in [0.3, 0.4) is 0 Å². The van der Waals surface area contributed by atoms with Crippen LogP contribution in [0.15, 0.2) is 52.6 Å². The Balaban J connectivity index is 1.47. The second kappa shape index (κ2) is 13.1. The fraction of sp³-hybridized carbons (Fsp3) is 0.438. The number of fused-ring (bicyclic) bond motifs is 1. The molecule has 1 amide bonds. The van der Waals surface area contributed by atoms with Gasteiger partial charge in [0.05, 0.1) is 37.0 Å². The van der Waals surface area contributed by atoms with E-state index in [1.54, 1.807) is 54.6 Å². The Morgan fingerprint density at radius 1 is 1.02 bits per heavy atom. The Morgan fingerprint density at radius 3 is 2.43 bits per heavy atom. The molecule has 1 aliphatic rings. The molecular formula is C32H36Cl2N6O7. The van der Waals surface area contributed by atoms with Gasteiger partial charge in [-0.15, -0.1) is 0 Å². The fourth-order valence-electron chi connectivity index (χ4n) is 5.16. The van der Waals surface area contributed by atoms with E-state index in [0.717, 1.165) is 21.4 Å². The largest absolute Gasteiger partial charge is 0.444 e. The summed E-state index contributed by atoms with van der Waals surface area (Å²) in [6.07, 6.45) is 2.78. The number of carbonyl (C=O) groups excluding carboxylic acids is 2. The quantitative estimate of drug-likeness (QED) is 0.283. The molecular weight excluding hydrogens is 651 g/mol. The van der Waals surface area contributed by atoms with Gasteiger partial charge in [-0.2, -0.15) is 5.10 Å². The van der Waals surface area contributed by atoms with Crippen molar-refractivity contribution in [2.75, 3.05) is 19.7 Å². The van der Waals surface area contributed by atoms with E-state index >= 15 is 0 Å². The van der Waals surface area contributed by atoms with Crippen molar-refractivity contribution in [1.29, 1.82) is 0 Å². The van der Waals surface area contributed by atoms with E-state index < -0.39 is 34.6 Å². The average Bonchev–Trinajstić information content (AvgIpc) is 3.38. The van der Waals surface area contributed by atoms with Crippen LogP contribution in [-0.4, -0.2) is 77.8 Å². The van der Waals surface area contributed by atoms with Gasteiger partial charge in [0.1, 0.15) is 17.5 Å². The first-order valence-electron chi connectivity index (χ1n) is 14.9. The number of hydrogen-bond acceptors (Lipinski definition) is 9. The van der Waals surface area contributed by atoms with Crippen molar-refractivity contribution >= 4 is 40.9 Å². The number of ether oxygens (including phenoxy) is 3. The molecule has 13 nitrogen and oxygen atoms in total. The Hall–Kier alpha value is -4.20. The zero-order valence-corrected chi connectivity index (χ0v) is 28.5. The van der Waals surface area contributed by atoms with Crippen molar-refractivity contribution in [2.45, 2.75) is 71.8 Å². The van der Waals surface area contributed by atoms with Crippen molar-refractivity contribution < 1.29 is 23.8 Å². The second-order valence-corrected chi connectivity index (χ2v) is 14.0. The van der Waals surface area contributed by atoms with E-state index in [1.807, 2.05) is 20.8 Å². The summed E-state index contributed by atoms with van der Waals surface area (Å²) in [5.41, 5.74) is 0.0287. The van der Waals surface area contributed by atoms with E-state index in [-0.39, 0.29) is 12.6 Å². The highest BCUT2D eigenvalue weighted by Crippen LogP contribution is 2.35. The molecule has 1 unspecified atom stereocenters. The van der Waals surface area contributed by atoms with Gasteiger partial charge in [0.2, 0.25) is 0 Å². The molecule has 0 spiro atoms. The molecule has 250 valence electrons. The maximum atomic E-state index is 13.2. The highest BCUT2D eigenvalue weighted by molar-refractivity contribution is 6.35. The van der Waals surface area contributed by atoms with Crippen molar-refractivity contribution in [3.63, 3.8) is 0 Å². The van der Waals surface area contributed by atoms with Crippen LogP contribution in [0.1, 0.15) is 52.7 Å². The third kappa shape index (κ3) is 8.03. The molecule has 0 saturated carbocycles. The summed E-state index contributed by atoms with van der Waals surface area (Å²) < 4.78 is 20.2. The number of morpholine rings is 1. The minimum atomic E-state index is -0.895. The number of halogens is 2. The van der Waals surface area contributed by atoms with Crippen LogP contribution in [0.2, 0.25) is 10.0 Å². The molecule has 15 heteroatoms. The third-order valence-corrected chi connectivity index (χ3v) is 7.66. The van der Waals surface area contributed by atoms with Crippen LogP contribution < -0.4 is 11.2 Å². The molecule has 1 saturated heterocycles. The van der Waals surface area contributed by atoms with Gasteiger partial charge in [0, 0.05) is 47.0 Å². The number of amides is 1. The lowest BCUT2D eigenvalue weighted by atomic mass is 9.97. The van der Waals surface area contributed by atoms with Crippen LogP contribution in [0.5, 0.6) is 0 Å². The number of carbonyl (C=O) groups is 2.